The molecule has 2 amide bonds. The molecule has 25 heavy (non-hydrogen) atoms. The highest BCUT2D eigenvalue weighted by Gasteiger charge is 2.05. The number of carbonyl (C=O) groups excluding carboxylic acids is 1. The second-order valence-electron chi connectivity index (χ2n) is 5.30. The number of benzene rings is 2. The Labute approximate surface area is 153 Å². The first kappa shape index (κ1) is 19.2. The van der Waals surface area contributed by atoms with E-state index in [0.717, 1.165) is 15.6 Å². The van der Waals surface area contributed by atoms with Gasteiger partial charge in [-0.3, -0.25) is 0 Å². The van der Waals surface area contributed by atoms with Gasteiger partial charge in [0.25, 0.3) is 6.43 Å². The predicted octanol–water partition coefficient (Wildman–Crippen LogP) is 4.13. The number of halogens is 3. The van der Waals surface area contributed by atoms with Gasteiger partial charge in [0.05, 0.1) is 0 Å². The molecule has 0 saturated carbocycles. The molecule has 0 aliphatic rings. The van der Waals surface area contributed by atoms with Gasteiger partial charge in [-0.05, 0) is 35.7 Å². The van der Waals surface area contributed by atoms with Crippen molar-refractivity contribution < 1.29 is 18.3 Å². The largest absolute Gasteiger partial charge is 0.488 e. The van der Waals surface area contributed by atoms with Gasteiger partial charge in [0, 0.05) is 17.6 Å². The highest BCUT2D eigenvalue weighted by Crippen LogP contribution is 2.16. The standard InChI is InChI=1S/C18H19BrF2N2O2/c19-16-7-2-1-5-14(16)8-9-22-18(24)23-11-13-4-3-6-15(10-13)25-12-17(20)21/h1-7,10,17H,8-9,11-12H2,(H2,22,23,24). The number of amides is 2. The smallest absolute Gasteiger partial charge is 0.315 e. The summed E-state index contributed by atoms with van der Waals surface area (Å²) in [6.07, 6.45) is -1.80. The molecule has 134 valence electrons. The summed E-state index contributed by atoms with van der Waals surface area (Å²) < 4.78 is 30.3. The number of hydrogen-bond donors (Lipinski definition) is 2. The zero-order valence-electron chi connectivity index (χ0n) is 13.5. The maximum atomic E-state index is 12.1. The van der Waals surface area contributed by atoms with Crippen molar-refractivity contribution in [3.63, 3.8) is 0 Å². The van der Waals surface area contributed by atoms with E-state index >= 15 is 0 Å². The molecule has 0 spiro atoms. The molecule has 2 N–H and O–H groups in total. The lowest BCUT2D eigenvalue weighted by Crippen LogP contribution is -2.36. The molecule has 7 heteroatoms. The van der Waals surface area contributed by atoms with E-state index in [-0.39, 0.29) is 12.6 Å². The summed E-state index contributed by atoms with van der Waals surface area (Å²) in [5.74, 6) is 0.355. The van der Waals surface area contributed by atoms with Crippen molar-refractivity contribution in [2.24, 2.45) is 0 Å². The van der Waals surface area contributed by atoms with Crippen LogP contribution in [0.25, 0.3) is 0 Å². The van der Waals surface area contributed by atoms with E-state index in [4.69, 9.17) is 4.74 Å². The quantitative estimate of drug-likeness (QED) is 0.684. The monoisotopic (exact) mass is 412 g/mol. The third-order valence-corrected chi connectivity index (χ3v) is 4.14. The molecule has 2 rings (SSSR count). The molecule has 0 aliphatic carbocycles. The van der Waals surface area contributed by atoms with Gasteiger partial charge < -0.3 is 15.4 Å². The minimum atomic E-state index is -2.52. The van der Waals surface area contributed by atoms with Gasteiger partial charge in [0.1, 0.15) is 12.4 Å². The van der Waals surface area contributed by atoms with Crippen LogP contribution in [-0.4, -0.2) is 25.6 Å². The van der Waals surface area contributed by atoms with E-state index in [0.29, 0.717) is 18.7 Å². The lowest BCUT2D eigenvalue weighted by atomic mass is 10.1. The molecule has 2 aromatic rings. The average Bonchev–Trinajstić information content (AvgIpc) is 2.60. The van der Waals surface area contributed by atoms with Crippen molar-refractivity contribution in [3.8, 4) is 5.75 Å². The SMILES string of the molecule is O=C(NCCc1ccccc1Br)NCc1cccc(OCC(F)F)c1. The second kappa shape index (κ2) is 9.98. The molecule has 0 fully saturated rings. The Bertz CT molecular complexity index is 698. The number of ether oxygens (including phenoxy) is 1. The molecule has 0 atom stereocenters. The maximum Gasteiger partial charge on any atom is 0.315 e. The molecule has 0 aromatic heterocycles. The highest BCUT2D eigenvalue weighted by atomic mass is 79.9. The summed E-state index contributed by atoms with van der Waals surface area (Å²) in [7, 11) is 0. The van der Waals surface area contributed by atoms with Gasteiger partial charge in [0.15, 0.2) is 0 Å². The predicted molar refractivity (Wildman–Crippen MR) is 96.0 cm³/mol. The lowest BCUT2D eigenvalue weighted by molar-refractivity contribution is 0.0818. The topological polar surface area (TPSA) is 50.4 Å². The van der Waals surface area contributed by atoms with Crippen LogP contribution >= 0.6 is 15.9 Å². The number of hydrogen-bond acceptors (Lipinski definition) is 2. The Balaban J connectivity index is 1.72. The van der Waals surface area contributed by atoms with E-state index in [1.165, 1.54) is 0 Å². The minimum absolute atomic E-state index is 0.284. The molecule has 0 aliphatic heterocycles. The summed E-state index contributed by atoms with van der Waals surface area (Å²) in [5.41, 5.74) is 1.89. The number of urea groups is 1. The average molecular weight is 413 g/mol. The van der Waals surface area contributed by atoms with E-state index < -0.39 is 13.0 Å². The van der Waals surface area contributed by atoms with Crippen LogP contribution in [0.4, 0.5) is 13.6 Å². The molecule has 0 unspecified atom stereocenters. The number of carbonyl (C=O) groups is 1. The van der Waals surface area contributed by atoms with Gasteiger partial charge >= 0.3 is 6.03 Å². The Hall–Kier alpha value is -2.15. The van der Waals surface area contributed by atoms with Crippen molar-refractivity contribution in [1.82, 2.24) is 10.6 Å². The minimum Gasteiger partial charge on any atom is -0.488 e. The van der Waals surface area contributed by atoms with Gasteiger partial charge in [-0.1, -0.05) is 46.3 Å². The Morgan fingerprint density at radius 1 is 1.12 bits per heavy atom. The highest BCUT2D eigenvalue weighted by molar-refractivity contribution is 9.10. The molecular weight excluding hydrogens is 394 g/mol. The molecule has 0 radical (unpaired) electrons. The van der Waals surface area contributed by atoms with Crippen LogP contribution in [0.15, 0.2) is 53.0 Å². The first-order valence-electron chi connectivity index (χ1n) is 7.79. The van der Waals surface area contributed by atoms with Gasteiger partial charge in [-0.2, -0.15) is 0 Å². The zero-order valence-corrected chi connectivity index (χ0v) is 15.1. The van der Waals surface area contributed by atoms with Crippen LogP contribution in [0, 0.1) is 0 Å². The van der Waals surface area contributed by atoms with E-state index in [1.54, 1.807) is 24.3 Å². The van der Waals surface area contributed by atoms with Crippen LogP contribution in [0.5, 0.6) is 5.75 Å². The number of alkyl halides is 2. The fraction of sp³-hybridized carbons (Fsp3) is 0.278. The number of nitrogens with one attached hydrogen (secondary N) is 2. The summed E-state index contributed by atoms with van der Waals surface area (Å²) in [6, 6.07) is 14.3. The molecule has 2 aromatic carbocycles. The fourth-order valence-electron chi connectivity index (χ4n) is 2.16. The van der Waals surface area contributed by atoms with Crippen LogP contribution < -0.4 is 15.4 Å². The zero-order chi connectivity index (χ0) is 18.1. The summed E-state index contributed by atoms with van der Waals surface area (Å²) in [5, 5.41) is 5.51. The van der Waals surface area contributed by atoms with Crippen LogP contribution in [0.2, 0.25) is 0 Å². The molecule has 0 heterocycles. The van der Waals surface area contributed by atoms with E-state index in [1.807, 2.05) is 24.3 Å². The molecular formula is C18H19BrF2N2O2. The normalized spacial score (nSPS) is 10.6. The Kier molecular flexibility index (Phi) is 7.66. The second-order valence-corrected chi connectivity index (χ2v) is 6.15. The van der Waals surface area contributed by atoms with Crippen molar-refractivity contribution in [2.45, 2.75) is 19.4 Å². The maximum absolute atomic E-state index is 12.1. The van der Waals surface area contributed by atoms with Crippen LogP contribution in [0.3, 0.4) is 0 Å². The summed E-state index contributed by atoms with van der Waals surface area (Å²) in [6.45, 7) is 0.144. The lowest BCUT2D eigenvalue weighted by Gasteiger charge is -2.10. The molecule has 4 nitrogen and oxygen atoms in total. The summed E-state index contributed by atoms with van der Waals surface area (Å²) in [4.78, 5) is 11.8. The Morgan fingerprint density at radius 2 is 1.92 bits per heavy atom. The molecule has 0 saturated heterocycles. The third-order valence-electron chi connectivity index (χ3n) is 3.37. The summed E-state index contributed by atoms with van der Waals surface area (Å²) >= 11 is 3.47. The Morgan fingerprint density at radius 3 is 2.68 bits per heavy atom. The first-order chi connectivity index (χ1) is 12.0. The van der Waals surface area contributed by atoms with Crippen LogP contribution in [0.1, 0.15) is 11.1 Å². The van der Waals surface area contributed by atoms with E-state index in [9.17, 15) is 13.6 Å². The first-order valence-corrected chi connectivity index (χ1v) is 8.59. The van der Waals surface area contributed by atoms with Crippen molar-refractivity contribution in [2.75, 3.05) is 13.2 Å². The third kappa shape index (κ3) is 7.09. The van der Waals surface area contributed by atoms with Crippen molar-refractivity contribution >= 4 is 22.0 Å². The van der Waals surface area contributed by atoms with Gasteiger partial charge in [-0.15, -0.1) is 0 Å². The number of rotatable bonds is 8. The van der Waals surface area contributed by atoms with Gasteiger partial charge in [-0.25, -0.2) is 13.6 Å². The fourth-order valence-corrected chi connectivity index (χ4v) is 2.64. The van der Waals surface area contributed by atoms with Crippen molar-refractivity contribution in [1.29, 1.82) is 0 Å². The van der Waals surface area contributed by atoms with Gasteiger partial charge in [0.2, 0.25) is 0 Å². The van der Waals surface area contributed by atoms with Crippen LogP contribution in [-0.2, 0) is 13.0 Å². The molecule has 0 bridgehead atoms. The van der Waals surface area contributed by atoms with E-state index in [2.05, 4.69) is 26.6 Å². The van der Waals surface area contributed by atoms with Crippen molar-refractivity contribution in [3.05, 3.63) is 64.1 Å².